The third kappa shape index (κ3) is 5.58. The number of hydrogen-bond donors (Lipinski definition) is 2. The average molecular weight is 458 g/mol. The lowest BCUT2D eigenvalue weighted by Crippen LogP contribution is -2.22. The molecule has 1 saturated heterocycles. The minimum Gasteiger partial charge on any atom is -0.406 e. The van der Waals surface area contributed by atoms with Crippen molar-refractivity contribution in [3.8, 4) is 16.9 Å². The molecule has 7 nitrogen and oxygen atoms in total. The van der Waals surface area contributed by atoms with E-state index in [1.807, 2.05) is 11.0 Å². The normalized spacial score (nSPS) is 16.0. The number of nitrogens with one attached hydrogen (secondary N) is 1. The number of carbonyl (C=O) groups excluding carboxylic acids is 1. The van der Waals surface area contributed by atoms with Gasteiger partial charge >= 0.3 is 6.36 Å². The Kier molecular flexibility index (Phi) is 6.19. The summed E-state index contributed by atoms with van der Waals surface area (Å²) >= 11 is 0. The molecule has 3 aromatic rings. The second-order valence-electron chi connectivity index (χ2n) is 7.67. The lowest BCUT2D eigenvalue weighted by atomic mass is 10.0. The number of carbonyl (C=O) groups is 1. The van der Waals surface area contributed by atoms with Crippen molar-refractivity contribution in [2.45, 2.75) is 25.8 Å². The van der Waals surface area contributed by atoms with Crippen molar-refractivity contribution in [2.24, 2.45) is 0 Å². The zero-order valence-electron chi connectivity index (χ0n) is 17.6. The monoisotopic (exact) mass is 458 g/mol. The Hall–Kier alpha value is -3.66. The fourth-order valence-electron chi connectivity index (χ4n) is 3.62. The molecule has 4 rings (SSSR count). The number of aliphatic hydroxyl groups excluding tert-OH is 1. The Morgan fingerprint density at radius 2 is 1.85 bits per heavy atom. The molecule has 0 spiro atoms. The molecular weight excluding hydrogens is 437 g/mol. The maximum absolute atomic E-state index is 12.8. The van der Waals surface area contributed by atoms with Gasteiger partial charge in [0.2, 0.25) is 0 Å². The first-order chi connectivity index (χ1) is 15.7. The number of nitrogens with zero attached hydrogens (tertiary/aromatic N) is 3. The van der Waals surface area contributed by atoms with E-state index in [0.29, 0.717) is 36.6 Å². The van der Waals surface area contributed by atoms with Gasteiger partial charge in [0.1, 0.15) is 11.6 Å². The predicted octanol–water partition coefficient (Wildman–Crippen LogP) is 4.17. The highest BCUT2D eigenvalue weighted by Gasteiger charge is 2.31. The van der Waals surface area contributed by atoms with E-state index in [4.69, 9.17) is 0 Å². The van der Waals surface area contributed by atoms with E-state index in [1.165, 1.54) is 12.1 Å². The van der Waals surface area contributed by atoms with Crippen molar-refractivity contribution < 1.29 is 27.8 Å². The number of amides is 1. The summed E-state index contributed by atoms with van der Waals surface area (Å²) in [7, 11) is 0. The highest BCUT2D eigenvalue weighted by atomic mass is 19.4. The van der Waals surface area contributed by atoms with Crippen molar-refractivity contribution in [3.05, 3.63) is 66.2 Å². The number of aliphatic hydroxyl groups is 1. The second-order valence-corrected chi connectivity index (χ2v) is 7.67. The SMILES string of the molecule is Cc1ncc(-c2cc(C(=O)Nc3ccc(OC(F)(F)F)cc3)ccc2N2CCC(O)C2)cn1. The van der Waals surface area contributed by atoms with Gasteiger partial charge in [-0.2, -0.15) is 0 Å². The first-order valence-electron chi connectivity index (χ1n) is 10.2. The first-order valence-corrected chi connectivity index (χ1v) is 10.2. The molecule has 1 aliphatic heterocycles. The number of rotatable bonds is 5. The van der Waals surface area contributed by atoms with Crippen LogP contribution in [-0.2, 0) is 0 Å². The number of β-amino-alcohol motifs (C(OH)–C–C–N with tert-alkyl or cyclic N) is 1. The molecular formula is C23H21F3N4O3. The van der Waals surface area contributed by atoms with Crippen molar-refractivity contribution in [1.29, 1.82) is 0 Å². The number of benzene rings is 2. The van der Waals surface area contributed by atoms with E-state index in [-0.39, 0.29) is 5.75 Å². The zero-order valence-corrected chi connectivity index (χ0v) is 17.6. The van der Waals surface area contributed by atoms with Crippen LogP contribution in [0.3, 0.4) is 0 Å². The summed E-state index contributed by atoms with van der Waals surface area (Å²) in [5, 5.41) is 12.6. The Balaban J connectivity index is 1.59. The molecule has 1 aliphatic rings. The largest absolute Gasteiger partial charge is 0.573 e. The standard InChI is InChI=1S/C23H21F3N4O3/c1-14-27-11-16(12-28-14)20-10-15(2-7-21(20)30-9-8-18(31)13-30)22(32)29-17-3-5-19(6-4-17)33-23(24,25)26/h2-7,10-12,18,31H,8-9,13H2,1H3,(H,29,32). The molecule has 0 aliphatic carbocycles. The molecule has 1 atom stereocenters. The van der Waals surface area contributed by atoms with Gasteiger partial charge in [0, 0.05) is 53.5 Å². The maximum atomic E-state index is 12.8. The number of ether oxygens (including phenoxy) is 1. The smallest absolute Gasteiger partial charge is 0.406 e. The lowest BCUT2D eigenvalue weighted by molar-refractivity contribution is -0.274. The first kappa shape index (κ1) is 22.5. The van der Waals surface area contributed by atoms with E-state index < -0.39 is 18.4 Å². The number of alkyl halides is 3. The molecule has 0 radical (unpaired) electrons. The summed E-state index contributed by atoms with van der Waals surface area (Å²) in [5.74, 6) is -0.190. The summed E-state index contributed by atoms with van der Waals surface area (Å²) < 4.78 is 40.8. The van der Waals surface area contributed by atoms with Crippen LogP contribution in [0.5, 0.6) is 5.75 Å². The van der Waals surface area contributed by atoms with Crippen LogP contribution in [0.2, 0.25) is 0 Å². The van der Waals surface area contributed by atoms with Crippen molar-refractivity contribution in [2.75, 3.05) is 23.3 Å². The number of hydrogen-bond acceptors (Lipinski definition) is 6. The molecule has 10 heteroatoms. The number of anilines is 2. The van der Waals surface area contributed by atoms with Gasteiger partial charge in [-0.25, -0.2) is 9.97 Å². The molecule has 2 aromatic carbocycles. The van der Waals surface area contributed by atoms with Gasteiger partial charge in [0.25, 0.3) is 5.91 Å². The van der Waals surface area contributed by atoms with E-state index in [0.717, 1.165) is 28.9 Å². The number of aromatic nitrogens is 2. The van der Waals surface area contributed by atoms with Gasteiger partial charge in [-0.15, -0.1) is 13.2 Å². The van der Waals surface area contributed by atoms with Gasteiger partial charge in [-0.3, -0.25) is 4.79 Å². The van der Waals surface area contributed by atoms with E-state index >= 15 is 0 Å². The Bertz CT molecular complexity index is 1140. The number of halogens is 3. The van der Waals surface area contributed by atoms with Crippen LogP contribution in [-0.4, -0.2) is 46.5 Å². The highest BCUT2D eigenvalue weighted by Crippen LogP contribution is 2.34. The van der Waals surface area contributed by atoms with Crippen molar-refractivity contribution in [3.63, 3.8) is 0 Å². The maximum Gasteiger partial charge on any atom is 0.573 e. The summed E-state index contributed by atoms with van der Waals surface area (Å²) in [6.45, 7) is 2.94. The average Bonchev–Trinajstić information content (AvgIpc) is 3.20. The third-order valence-electron chi connectivity index (χ3n) is 5.20. The van der Waals surface area contributed by atoms with Crippen LogP contribution in [0, 0.1) is 6.92 Å². The quantitative estimate of drug-likeness (QED) is 0.597. The molecule has 1 unspecified atom stereocenters. The van der Waals surface area contributed by atoms with Crippen molar-refractivity contribution in [1.82, 2.24) is 9.97 Å². The van der Waals surface area contributed by atoms with Gasteiger partial charge < -0.3 is 20.1 Å². The minimum absolute atomic E-state index is 0.321. The Labute approximate surface area is 187 Å². The molecule has 1 amide bonds. The molecule has 2 N–H and O–H groups in total. The van der Waals surface area contributed by atoms with Gasteiger partial charge in [0.15, 0.2) is 0 Å². The zero-order chi connectivity index (χ0) is 23.6. The predicted molar refractivity (Wildman–Crippen MR) is 116 cm³/mol. The summed E-state index contributed by atoms with van der Waals surface area (Å²) in [5.41, 5.74) is 2.99. The fourth-order valence-corrected chi connectivity index (χ4v) is 3.62. The van der Waals surface area contributed by atoms with Gasteiger partial charge in [-0.05, 0) is 55.8 Å². The Morgan fingerprint density at radius 1 is 1.15 bits per heavy atom. The van der Waals surface area contributed by atoms with Gasteiger partial charge in [0.05, 0.1) is 6.10 Å². The second kappa shape index (κ2) is 9.07. The summed E-state index contributed by atoms with van der Waals surface area (Å²) in [6.07, 6.45) is -1.20. The minimum atomic E-state index is -4.78. The van der Waals surface area contributed by atoms with Crippen LogP contribution in [0.1, 0.15) is 22.6 Å². The van der Waals surface area contributed by atoms with Crippen LogP contribution in [0.25, 0.3) is 11.1 Å². The van der Waals surface area contributed by atoms with Crippen LogP contribution >= 0.6 is 0 Å². The third-order valence-corrected chi connectivity index (χ3v) is 5.20. The van der Waals surface area contributed by atoms with Crippen LogP contribution in [0.4, 0.5) is 24.5 Å². The van der Waals surface area contributed by atoms with Crippen LogP contribution in [0.15, 0.2) is 54.9 Å². The van der Waals surface area contributed by atoms with E-state index in [9.17, 15) is 23.1 Å². The Morgan fingerprint density at radius 3 is 2.45 bits per heavy atom. The van der Waals surface area contributed by atoms with Crippen LogP contribution < -0.4 is 15.0 Å². The number of aryl methyl sites for hydroxylation is 1. The van der Waals surface area contributed by atoms with Gasteiger partial charge in [-0.1, -0.05) is 0 Å². The molecule has 1 fully saturated rings. The molecule has 33 heavy (non-hydrogen) atoms. The van der Waals surface area contributed by atoms with E-state index in [1.54, 1.807) is 31.5 Å². The fraction of sp³-hybridized carbons (Fsp3) is 0.261. The molecule has 2 heterocycles. The molecule has 0 bridgehead atoms. The topological polar surface area (TPSA) is 87.6 Å². The highest BCUT2D eigenvalue weighted by molar-refractivity contribution is 6.05. The van der Waals surface area contributed by atoms with E-state index in [2.05, 4.69) is 20.0 Å². The molecule has 172 valence electrons. The molecule has 0 saturated carbocycles. The molecule has 1 aromatic heterocycles. The van der Waals surface area contributed by atoms with Crippen molar-refractivity contribution >= 4 is 17.3 Å². The summed E-state index contributed by atoms with van der Waals surface area (Å²) in [6, 6.07) is 10.1. The summed E-state index contributed by atoms with van der Waals surface area (Å²) in [4.78, 5) is 23.4. The lowest BCUT2D eigenvalue weighted by Gasteiger charge is -2.22.